The average molecular weight is 348 g/mol. The number of anilines is 1. The quantitative estimate of drug-likeness (QED) is 0.812. The third-order valence-electron chi connectivity index (χ3n) is 3.42. The highest BCUT2D eigenvalue weighted by Crippen LogP contribution is 2.20. The van der Waals surface area contributed by atoms with Crippen molar-refractivity contribution in [3.8, 4) is 5.75 Å². The highest BCUT2D eigenvalue weighted by molar-refractivity contribution is 6.31. The minimum Gasteiger partial charge on any atom is -0.508 e. The number of rotatable bonds is 5. The molecular formula is C18H18ClNO4. The van der Waals surface area contributed by atoms with Gasteiger partial charge in [-0.1, -0.05) is 29.8 Å². The highest BCUT2D eigenvalue weighted by Gasteiger charge is 2.19. The fraction of sp³-hybridized carbons (Fsp3) is 0.222. The monoisotopic (exact) mass is 347 g/mol. The summed E-state index contributed by atoms with van der Waals surface area (Å²) in [5.41, 5.74) is 2.13. The van der Waals surface area contributed by atoms with Crippen molar-refractivity contribution in [1.29, 1.82) is 0 Å². The summed E-state index contributed by atoms with van der Waals surface area (Å²) in [6, 6.07) is 11.4. The Morgan fingerprint density at radius 3 is 2.54 bits per heavy atom. The molecule has 2 N–H and O–H groups in total. The lowest BCUT2D eigenvalue weighted by Crippen LogP contribution is -2.30. The van der Waals surface area contributed by atoms with Crippen LogP contribution in [0.5, 0.6) is 5.75 Å². The molecule has 0 aliphatic carbocycles. The number of phenolic OH excluding ortho intramolecular Hbond substituents is 1. The van der Waals surface area contributed by atoms with E-state index in [1.165, 1.54) is 19.1 Å². The summed E-state index contributed by atoms with van der Waals surface area (Å²) in [5, 5.41) is 12.4. The number of amides is 1. The van der Waals surface area contributed by atoms with Gasteiger partial charge in [0.2, 0.25) is 0 Å². The second-order valence-electron chi connectivity index (χ2n) is 5.42. The van der Waals surface area contributed by atoms with Crippen molar-refractivity contribution in [3.63, 3.8) is 0 Å². The van der Waals surface area contributed by atoms with E-state index in [-0.39, 0.29) is 12.2 Å². The van der Waals surface area contributed by atoms with Gasteiger partial charge in [0.1, 0.15) is 5.75 Å². The van der Waals surface area contributed by atoms with Crippen molar-refractivity contribution >= 4 is 29.2 Å². The first kappa shape index (κ1) is 17.8. The molecule has 5 nitrogen and oxygen atoms in total. The molecule has 1 atom stereocenters. The normalized spacial score (nSPS) is 11.6. The van der Waals surface area contributed by atoms with Gasteiger partial charge < -0.3 is 15.2 Å². The van der Waals surface area contributed by atoms with Gasteiger partial charge in [-0.25, -0.2) is 0 Å². The molecular weight excluding hydrogens is 330 g/mol. The molecule has 2 rings (SSSR count). The standard InChI is InChI=1S/C18H18ClNO4/c1-11-3-6-14(19)10-16(11)20-18(23)12(2)24-17(22)9-13-4-7-15(21)8-5-13/h3-8,10,12,21H,9H2,1-2H3,(H,20,23)/t12-/m1/s1. The molecule has 0 radical (unpaired) electrons. The van der Waals surface area contributed by atoms with Crippen molar-refractivity contribution < 1.29 is 19.4 Å². The molecule has 0 saturated heterocycles. The Bertz CT molecular complexity index is 743. The molecule has 0 aliphatic heterocycles. The number of esters is 1. The molecule has 126 valence electrons. The summed E-state index contributed by atoms with van der Waals surface area (Å²) in [4.78, 5) is 24.0. The number of aromatic hydroxyl groups is 1. The van der Waals surface area contributed by atoms with Crippen LogP contribution in [-0.2, 0) is 20.7 Å². The fourth-order valence-corrected chi connectivity index (χ4v) is 2.21. The number of benzene rings is 2. The predicted molar refractivity (Wildman–Crippen MR) is 92.2 cm³/mol. The topological polar surface area (TPSA) is 75.6 Å². The first-order valence-corrected chi connectivity index (χ1v) is 7.77. The van der Waals surface area contributed by atoms with Crippen LogP contribution in [0.3, 0.4) is 0 Å². The molecule has 0 bridgehead atoms. The van der Waals surface area contributed by atoms with E-state index in [0.717, 1.165) is 5.56 Å². The first-order valence-electron chi connectivity index (χ1n) is 7.39. The van der Waals surface area contributed by atoms with E-state index >= 15 is 0 Å². The van der Waals surface area contributed by atoms with Gasteiger partial charge in [0.15, 0.2) is 6.10 Å². The maximum absolute atomic E-state index is 12.1. The SMILES string of the molecule is Cc1ccc(Cl)cc1NC(=O)[C@@H](C)OC(=O)Cc1ccc(O)cc1. The minimum absolute atomic E-state index is 0.0219. The number of halogens is 1. The van der Waals surface area contributed by atoms with E-state index in [2.05, 4.69) is 5.32 Å². The van der Waals surface area contributed by atoms with Crippen LogP contribution in [0.1, 0.15) is 18.1 Å². The molecule has 0 unspecified atom stereocenters. The van der Waals surface area contributed by atoms with Crippen molar-refractivity contribution in [3.05, 3.63) is 58.6 Å². The molecule has 0 aliphatic rings. The number of carbonyl (C=O) groups excluding carboxylic acids is 2. The number of ether oxygens (including phenoxy) is 1. The molecule has 0 spiro atoms. The van der Waals surface area contributed by atoms with Crippen molar-refractivity contribution in [2.45, 2.75) is 26.4 Å². The number of phenols is 1. The van der Waals surface area contributed by atoms with Crippen LogP contribution in [0.25, 0.3) is 0 Å². The van der Waals surface area contributed by atoms with E-state index < -0.39 is 18.0 Å². The first-order chi connectivity index (χ1) is 11.3. The van der Waals surface area contributed by atoms with Crippen molar-refractivity contribution in [1.82, 2.24) is 0 Å². The Kier molecular flexibility index (Phi) is 5.82. The highest BCUT2D eigenvalue weighted by atomic mass is 35.5. The van der Waals surface area contributed by atoms with Crippen LogP contribution < -0.4 is 5.32 Å². The summed E-state index contributed by atoms with van der Waals surface area (Å²) >= 11 is 5.91. The molecule has 2 aromatic carbocycles. The number of carbonyl (C=O) groups is 2. The van der Waals surface area contributed by atoms with Gasteiger partial charge in [-0.05, 0) is 49.2 Å². The van der Waals surface area contributed by atoms with Crippen LogP contribution in [-0.4, -0.2) is 23.1 Å². The van der Waals surface area contributed by atoms with Crippen LogP contribution >= 0.6 is 11.6 Å². The van der Waals surface area contributed by atoms with Crippen LogP contribution in [0.4, 0.5) is 5.69 Å². The molecule has 0 saturated carbocycles. The summed E-state index contributed by atoms with van der Waals surface area (Å²) in [5.74, 6) is -0.831. The van der Waals surface area contributed by atoms with E-state index in [1.54, 1.807) is 30.3 Å². The third kappa shape index (κ3) is 4.99. The van der Waals surface area contributed by atoms with Gasteiger partial charge in [0, 0.05) is 10.7 Å². The van der Waals surface area contributed by atoms with E-state index in [0.29, 0.717) is 16.3 Å². The van der Waals surface area contributed by atoms with Gasteiger partial charge in [-0.15, -0.1) is 0 Å². The lowest BCUT2D eigenvalue weighted by Gasteiger charge is -2.15. The van der Waals surface area contributed by atoms with Crippen LogP contribution in [0, 0.1) is 6.92 Å². The second kappa shape index (κ2) is 7.84. The van der Waals surface area contributed by atoms with Crippen molar-refractivity contribution in [2.75, 3.05) is 5.32 Å². The zero-order valence-corrected chi connectivity index (χ0v) is 14.1. The summed E-state index contributed by atoms with van der Waals surface area (Å²) in [7, 11) is 0. The summed E-state index contributed by atoms with van der Waals surface area (Å²) < 4.78 is 5.14. The minimum atomic E-state index is -0.937. The van der Waals surface area contributed by atoms with Gasteiger partial charge in [-0.3, -0.25) is 9.59 Å². The molecule has 0 fully saturated rings. The van der Waals surface area contributed by atoms with Gasteiger partial charge in [0.25, 0.3) is 5.91 Å². The maximum atomic E-state index is 12.1. The van der Waals surface area contributed by atoms with Gasteiger partial charge in [-0.2, -0.15) is 0 Å². The Morgan fingerprint density at radius 2 is 1.88 bits per heavy atom. The molecule has 24 heavy (non-hydrogen) atoms. The Morgan fingerprint density at radius 1 is 1.21 bits per heavy atom. The molecule has 0 aromatic heterocycles. The maximum Gasteiger partial charge on any atom is 0.311 e. The number of nitrogens with one attached hydrogen (secondary N) is 1. The van der Waals surface area contributed by atoms with Crippen molar-refractivity contribution in [2.24, 2.45) is 0 Å². The molecule has 1 amide bonds. The number of aryl methyl sites for hydroxylation is 1. The van der Waals surface area contributed by atoms with Crippen LogP contribution in [0.15, 0.2) is 42.5 Å². The smallest absolute Gasteiger partial charge is 0.311 e. The van der Waals surface area contributed by atoms with Crippen LogP contribution in [0.2, 0.25) is 5.02 Å². The lowest BCUT2D eigenvalue weighted by atomic mass is 10.1. The Hall–Kier alpha value is -2.53. The van der Waals surface area contributed by atoms with Gasteiger partial charge >= 0.3 is 5.97 Å². The van der Waals surface area contributed by atoms with Gasteiger partial charge in [0.05, 0.1) is 6.42 Å². The fourth-order valence-electron chi connectivity index (χ4n) is 2.04. The lowest BCUT2D eigenvalue weighted by molar-refractivity contribution is -0.152. The van der Waals surface area contributed by atoms with E-state index in [9.17, 15) is 14.7 Å². The Labute approximate surface area is 145 Å². The number of hydrogen-bond donors (Lipinski definition) is 2. The predicted octanol–water partition coefficient (Wildman–Crippen LogP) is 3.47. The molecule has 0 heterocycles. The summed E-state index contributed by atoms with van der Waals surface area (Å²) in [6.45, 7) is 3.34. The average Bonchev–Trinajstić information content (AvgIpc) is 2.53. The zero-order valence-electron chi connectivity index (χ0n) is 13.4. The zero-order chi connectivity index (χ0) is 17.7. The Balaban J connectivity index is 1.92. The van der Waals surface area contributed by atoms with E-state index in [1.807, 2.05) is 6.92 Å². The van der Waals surface area contributed by atoms with E-state index in [4.69, 9.17) is 16.3 Å². The number of hydrogen-bond acceptors (Lipinski definition) is 4. The third-order valence-corrected chi connectivity index (χ3v) is 3.65. The summed E-state index contributed by atoms with van der Waals surface area (Å²) in [6.07, 6.45) is -0.915. The second-order valence-corrected chi connectivity index (χ2v) is 5.86. The largest absolute Gasteiger partial charge is 0.508 e. The molecule has 2 aromatic rings. The molecule has 6 heteroatoms.